The number of hydrogen-bond donors (Lipinski definition) is 2. The molecule has 1 aliphatic rings. The molecule has 8 nitrogen and oxygen atoms in total. The zero-order valence-electron chi connectivity index (χ0n) is 16.8. The molecule has 0 bridgehead atoms. The van der Waals surface area contributed by atoms with Gasteiger partial charge in [-0.15, -0.1) is 0 Å². The second-order valence-electron chi connectivity index (χ2n) is 7.15. The van der Waals surface area contributed by atoms with Crippen molar-refractivity contribution in [2.75, 3.05) is 34.4 Å². The lowest BCUT2D eigenvalue weighted by Crippen LogP contribution is -2.40. The average molecular weight is 423 g/mol. The number of carboxylic acid groups (broad SMARTS) is 1. The van der Waals surface area contributed by atoms with Crippen molar-refractivity contribution < 1.29 is 28.9 Å². The Bertz CT molecular complexity index is 973. The smallest absolute Gasteiger partial charge is 0.316 e. The SMILES string of the molecule is COc1cc(OC)c2c(=O)cc(SC(C)C(=O)O)oc2c1C1CCN(C)CC1O. The lowest BCUT2D eigenvalue weighted by atomic mass is 9.85. The Morgan fingerprint density at radius 2 is 2.00 bits per heavy atom. The number of nitrogens with zero attached hydrogens (tertiary/aromatic N) is 1. The average Bonchev–Trinajstić information content (AvgIpc) is 2.67. The van der Waals surface area contributed by atoms with Crippen LogP contribution in [0.1, 0.15) is 24.8 Å². The highest BCUT2D eigenvalue weighted by atomic mass is 32.2. The number of rotatable bonds is 6. The van der Waals surface area contributed by atoms with Gasteiger partial charge >= 0.3 is 5.97 Å². The van der Waals surface area contributed by atoms with Crippen molar-refractivity contribution in [3.63, 3.8) is 0 Å². The van der Waals surface area contributed by atoms with Crippen LogP contribution in [0.5, 0.6) is 11.5 Å². The first kappa shape index (κ1) is 21.5. The number of likely N-dealkylation sites (tertiary alicyclic amines) is 1. The Kier molecular flexibility index (Phi) is 6.40. The molecular weight excluding hydrogens is 398 g/mol. The zero-order chi connectivity index (χ0) is 21.3. The Hall–Kier alpha value is -2.23. The van der Waals surface area contributed by atoms with E-state index in [1.165, 1.54) is 27.2 Å². The summed E-state index contributed by atoms with van der Waals surface area (Å²) in [5.74, 6) is -0.541. The van der Waals surface area contributed by atoms with Gasteiger partial charge in [0.25, 0.3) is 0 Å². The molecular formula is C20H25NO7S. The lowest BCUT2D eigenvalue weighted by molar-refractivity contribution is -0.136. The number of hydrogen-bond acceptors (Lipinski definition) is 8. The summed E-state index contributed by atoms with van der Waals surface area (Å²) in [5, 5.41) is 19.6. The lowest BCUT2D eigenvalue weighted by Gasteiger charge is -2.34. The molecule has 2 heterocycles. The quantitative estimate of drug-likeness (QED) is 0.675. The van der Waals surface area contributed by atoms with Gasteiger partial charge in [0.1, 0.15) is 27.7 Å². The van der Waals surface area contributed by atoms with E-state index in [4.69, 9.17) is 13.9 Å². The van der Waals surface area contributed by atoms with Gasteiger partial charge in [-0.3, -0.25) is 9.59 Å². The molecule has 0 amide bonds. The zero-order valence-corrected chi connectivity index (χ0v) is 17.6. The van der Waals surface area contributed by atoms with E-state index in [0.29, 0.717) is 30.0 Å². The summed E-state index contributed by atoms with van der Waals surface area (Å²) in [5.41, 5.74) is 0.531. The largest absolute Gasteiger partial charge is 0.496 e. The number of aliphatic hydroxyl groups excluding tert-OH is 1. The fraction of sp³-hybridized carbons (Fsp3) is 0.500. The molecule has 0 radical (unpaired) electrons. The number of aliphatic carboxylic acids is 1. The fourth-order valence-electron chi connectivity index (χ4n) is 3.67. The maximum absolute atomic E-state index is 12.9. The minimum Gasteiger partial charge on any atom is -0.496 e. The van der Waals surface area contributed by atoms with E-state index in [0.717, 1.165) is 18.3 Å². The number of piperidine rings is 1. The molecule has 0 aliphatic carbocycles. The second-order valence-corrected chi connectivity index (χ2v) is 8.50. The Balaban J connectivity index is 2.26. The van der Waals surface area contributed by atoms with Crippen LogP contribution in [0.2, 0.25) is 0 Å². The van der Waals surface area contributed by atoms with E-state index in [2.05, 4.69) is 0 Å². The maximum atomic E-state index is 12.9. The predicted octanol–water partition coefficient (Wildman–Crippen LogP) is 2.16. The van der Waals surface area contributed by atoms with Crippen LogP contribution in [-0.2, 0) is 4.79 Å². The molecule has 158 valence electrons. The molecule has 1 fully saturated rings. The van der Waals surface area contributed by atoms with Gasteiger partial charge in [-0.2, -0.15) is 0 Å². The molecule has 0 spiro atoms. The van der Waals surface area contributed by atoms with Gasteiger partial charge in [0.05, 0.1) is 20.3 Å². The highest BCUT2D eigenvalue weighted by molar-refractivity contribution is 8.00. The van der Waals surface area contributed by atoms with Crippen molar-refractivity contribution in [2.45, 2.75) is 35.7 Å². The van der Waals surface area contributed by atoms with Gasteiger partial charge < -0.3 is 29.0 Å². The van der Waals surface area contributed by atoms with E-state index >= 15 is 0 Å². The van der Waals surface area contributed by atoms with Crippen LogP contribution in [-0.4, -0.2) is 66.8 Å². The van der Waals surface area contributed by atoms with Crippen molar-refractivity contribution in [1.82, 2.24) is 4.90 Å². The highest BCUT2D eigenvalue weighted by Gasteiger charge is 2.33. The van der Waals surface area contributed by atoms with Crippen LogP contribution in [0.3, 0.4) is 0 Å². The minimum atomic E-state index is -1.01. The molecule has 1 aliphatic heterocycles. The third-order valence-corrected chi connectivity index (χ3v) is 6.17. The van der Waals surface area contributed by atoms with E-state index in [1.54, 1.807) is 6.07 Å². The molecule has 9 heteroatoms. The monoisotopic (exact) mass is 423 g/mol. The normalized spacial score (nSPS) is 21.1. The van der Waals surface area contributed by atoms with Crippen LogP contribution < -0.4 is 14.9 Å². The number of carboxylic acids is 1. The second kappa shape index (κ2) is 8.64. The summed E-state index contributed by atoms with van der Waals surface area (Å²) in [7, 11) is 4.90. The standard InChI is InChI=1S/C20H25NO7S/c1-10(20(24)25)29-16-7-12(22)18-15(27-4)8-14(26-3)17(19(18)28-16)11-5-6-21(2)9-13(11)23/h7-8,10-11,13,23H,5-6,9H2,1-4H3,(H,24,25). The van der Waals surface area contributed by atoms with Crippen molar-refractivity contribution in [2.24, 2.45) is 0 Å². The molecule has 1 aromatic heterocycles. The summed E-state index contributed by atoms with van der Waals surface area (Å²) in [6.07, 6.45) is -0.0130. The molecule has 3 unspecified atom stereocenters. The maximum Gasteiger partial charge on any atom is 0.316 e. The van der Waals surface area contributed by atoms with Crippen LogP contribution in [0.4, 0.5) is 0 Å². The van der Waals surface area contributed by atoms with Gasteiger partial charge in [-0.25, -0.2) is 0 Å². The molecule has 1 saturated heterocycles. The van der Waals surface area contributed by atoms with Crippen LogP contribution in [0.25, 0.3) is 11.0 Å². The number of benzene rings is 1. The van der Waals surface area contributed by atoms with Crippen LogP contribution in [0, 0.1) is 0 Å². The first-order valence-corrected chi connectivity index (χ1v) is 10.1. The number of ether oxygens (including phenoxy) is 2. The topological polar surface area (TPSA) is 109 Å². The fourth-order valence-corrected chi connectivity index (χ4v) is 4.42. The molecule has 3 atom stereocenters. The van der Waals surface area contributed by atoms with Crippen molar-refractivity contribution in [3.05, 3.63) is 27.9 Å². The molecule has 2 aromatic rings. The Morgan fingerprint density at radius 1 is 1.31 bits per heavy atom. The van der Waals surface area contributed by atoms with E-state index in [9.17, 15) is 19.8 Å². The van der Waals surface area contributed by atoms with Gasteiger partial charge in [0.15, 0.2) is 10.5 Å². The number of aliphatic hydroxyl groups is 1. The van der Waals surface area contributed by atoms with Crippen LogP contribution >= 0.6 is 11.8 Å². The summed E-state index contributed by atoms with van der Waals surface area (Å²) < 4.78 is 17.0. The summed E-state index contributed by atoms with van der Waals surface area (Å²) in [4.78, 5) is 26.1. The highest BCUT2D eigenvalue weighted by Crippen LogP contribution is 2.43. The number of methoxy groups -OCH3 is 2. The van der Waals surface area contributed by atoms with Crippen molar-refractivity contribution in [1.29, 1.82) is 0 Å². The number of carbonyl (C=O) groups is 1. The van der Waals surface area contributed by atoms with Gasteiger partial charge in [0, 0.05) is 30.2 Å². The summed E-state index contributed by atoms with van der Waals surface area (Å²) >= 11 is 0.946. The van der Waals surface area contributed by atoms with Crippen LogP contribution in [0.15, 0.2) is 26.4 Å². The summed E-state index contributed by atoms with van der Waals surface area (Å²) in [6.45, 7) is 2.77. The van der Waals surface area contributed by atoms with E-state index in [1.807, 2.05) is 11.9 Å². The Morgan fingerprint density at radius 3 is 2.59 bits per heavy atom. The van der Waals surface area contributed by atoms with Crippen molar-refractivity contribution >= 4 is 28.7 Å². The number of fused-ring (bicyclic) bond motifs is 1. The van der Waals surface area contributed by atoms with E-state index < -0.39 is 17.3 Å². The molecule has 2 N–H and O–H groups in total. The number of likely N-dealkylation sites (N-methyl/N-ethyl adjacent to an activating group) is 1. The number of thioether (sulfide) groups is 1. The first-order chi connectivity index (χ1) is 13.8. The van der Waals surface area contributed by atoms with Gasteiger partial charge in [-0.05, 0) is 26.9 Å². The minimum absolute atomic E-state index is 0.191. The van der Waals surface area contributed by atoms with Gasteiger partial charge in [-0.1, -0.05) is 11.8 Å². The summed E-state index contributed by atoms with van der Waals surface area (Å²) in [6, 6.07) is 2.91. The van der Waals surface area contributed by atoms with Crippen molar-refractivity contribution in [3.8, 4) is 11.5 Å². The Labute approximate surface area is 172 Å². The molecule has 0 saturated carbocycles. The molecule has 29 heavy (non-hydrogen) atoms. The van der Waals surface area contributed by atoms with E-state index in [-0.39, 0.29) is 27.4 Å². The third-order valence-electron chi connectivity index (χ3n) is 5.18. The van der Waals surface area contributed by atoms with Gasteiger partial charge in [0.2, 0.25) is 0 Å². The number of β-amino-alcohol motifs (C(OH)–C–C–N with tert-alkyl or cyclic N) is 1. The first-order valence-electron chi connectivity index (χ1n) is 9.25. The third kappa shape index (κ3) is 4.22. The predicted molar refractivity (Wildman–Crippen MR) is 109 cm³/mol. The molecule has 1 aromatic carbocycles. The molecule has 3 rings (SSSR count).